The highest BCUT2D eigenvalue weighted by Crippen LogP contribution is 2.22. The van der Waals surface area contributed by atoms with Crippen molar-refractivity contribution in [2.75, 3.05) is 10.6 Å². The summed E-state index contributed by atoms with van der Waals surface area (Å²) in [7, 11) is 0. The van der Waals surface area contributed by atoms with Gasteiger partial charge in [-0.25, -0.2) is 4.79 Å². The summed E-state index contributed by atoms with van der Waals surface area (Å²) in [5.74, 6) is -0.337. The molecule has 0 saturated heterocycles. The molecule has 0 fully saturated rings. The Bertz CT molecular complexity index is 1360. The van der Waals surface area contributed by atoms with Crippen LogP contribution in [0, 0.1) is 0 Å². The van der Waals surface area contributed by atoms with E-state index in [0.717, 1.165) is 18.2 Å². The average Bonchev–Trinajstić information content (AvgIpc) is 2.82. The standard InChI is InChI=1S/C27H24N2O4/c1-2-3-11-25(30)28-21-8-6-9-22(17-21)29-26(31)19-14-12-18(13-15-19)23-16-20-7-4-5-10-24(20)33-27(23)32/h4-10,12-17H,2-3,11H2,1H3,(H,28,30)(H,29,31). The van der Waals surface area contributed by atoms with Gasteiger partial charge >= 0.3 is 5.63 Å². The van der Waals surface area contributed by atoms with E-state index in [9.17, 15) is 14.4 Å². The summed E-state index contributed by atoms with van der Waals surface area (Å²) in [6.07, 6.45) is 2.25. The summed E-state index contributed by atoms with van der Waals surface area (Å²) in [6, 6.07) is 22.9. The van der Waals surface area contributed by atoms with E-state index in [4.69, 9.17) is 4.42 Å². The monoisotopic (exact) mass is 440 g/mol. The van der Waals surface area contributed by atoms with Crippen LogP contribution < -0.4 is 16.3 Å². The van der Waals surface area contributed by atoms with Gasteiger partial charge in [0.2, 0.25) is 5.91 Å². The molecule has 33 heavy (non-hydrogen) atoms. The molecule has 6 heteroatoms. The lowest BCUT2D eigenvalue weighted by Crippen LogP contribution is -2.13. The maximum atomic E-state index is 12.7. The highest BCUT2D eigenvalue weighted by Gasteiger charge is 2.11. The van der Waals surface area contributed by atoms with E-state index in [1.165, 1.54) is 0 Å². The Kier molecular flexibility index (Phi) is 6.64. The van der Waals surface area contributed by atoms with E-state index < -0.39 is 5.63 Å². The maximum Gasteiger partial charge on any atom is 0.344 e. The van der Waals surface area contributed by atoms with Gasteiger partial charge in [-0.05, 0) is 54.4 Å². The number of benzene rings is 3. The fourth-order valence-corrected chi connectivity index (χ4v) is 3.50. The van der Waals surface area contributed by atoms with Gasteiger partial charge in [-0.1, -0.05) is 49.7 Å². The van der Waals surface area contributed by atoms with Crippen molar-refractivity contribution in [1.29, 1.82) is 0 Å². The van der Waals surface area contributed by atoms with Crippen molar-refractivity contribution in [3.05, 3.63) is 94.8 Å². The second-order valence-corrected chi connectivity index (χ2v) is 7.75. The van der Waals surface area contributed by atoms with Gasteiger partial charge in [0.05, 0.1) is 5.56 Å². The van der Waals surface area contributed by atoms with Crippen molar-refractivity contribution < 1.29 is 14.0 Å². The van der Waals surface area contributed by atoms with Crippen LogP contribution in [0.5, 0.6) is 0 Å². The Morgan fingerprint density at radius 2 is 1.58 bits per heavy atom. The second-order valence-electron chi connectivity index (χ2n) is 7.75. The van der Waals surface area contributed by atoms with Gasteiger partial charge in [-0.2, -0.15) is 0 Å². The number of amides is 2. The fraction of sp³-hybridized carbons (Fsp3) is 0.148. The molecule has 0 aliphatic rings. The van der Waals surface area contributed by atoms with Crippen molar-refractivity contribution in [3.63, 3.8) is 0 Å². The van der Waals surface area contributed by atoms with Gasteiger partial charge in [0.1, 0.15) is 5.58 Å². The van der Waals surface area contributed by atoms with Crippen LogP contribution in [-0.2, 0) is 4.79 Å². The number of nitrogens with one attached hydrogen (secondary N) is 2. The van der Waals surface area contributed by atoms with Gasteiger partial charge in [-0.15, -0.1) is 0 Å². The molecule has 0 atom stereocenters. The highest BCUT2D eigenvalue weighted by molar-refractivity contribution is 6.05. The summed E-state index contributed by atoms with van der Waals surface area (Å²) >= 11 is 0. The fourth-order valence-electron chi connectivity index (χ4n) is 3.50. The molecule has 1 heterocycles. The molecule has 2 amide bonds. The first-order valence-corrected chi connectivity index (χ1v) is 10.9. The summed E-state index contributed by atoms with van der Waals surface area (Å²) < 4.78 is 5.40. The third-order valence-corrected chi connectivity index (χ3v) is 5.26. The smallest absolute Gasteiger partial charge is 0.344 e. The molecule has 1 aromatic heterocycles. The number of rotatable bonds is 7. The predicted octanol–water partition coefficient (Wildman–Crippen LogP) is 5.84. The minimum Gasteiger partial charge on any atom is -0.422 e. The lowest BCUT2D eigenvalue weighted by Gasteiger charge is -2.09. The zero-order valence-corrected chi connectivity index (χ0v) is 18.3. The number of hydrogen-bond acceptors (Lipinski definition) is 4. The van der Waals surface area contributed by atoms with Crippen LogP contribution in [0.3, 0.4) is 0 Å². The van der Waals surface area contributed by atoms with Crippen LogP contribution in [0.2, 0.25) is 0 Å². The van der Waals surface area contributed by atoms with Gasteiger partial charge in [0.25, 0.3) is 5.91 Å². The van der Waals surface area contributed by atoms with Crippen molar-refractivity contribution in [3.8, 4) is 11.1 Å². The minimum atomic E-state index is -0.427. The van der Waals surface area contributed by atoms with Crippen LogP contribution in [0.15, 0.2) is 88.1 Å². The predicted molar refractivity (Wildman–Crippen MR) is 130 cm³/mol. The number of fused-ring (bicyclic) bond motifs is 1. The summed E-state index contributed by atoms with van der Waals surface area (Å²) in [4.78, 5) is 37.0. The third kappa shape index (κ3) is 5.36. The lowest BCUT2D eigenvalue weighted by atomic mass is 10.0. The Morgan fingerprint density at radius 1 is 0.848 bits per heavy atom. The molecule has 0 aliphatic carbocycles. The molecule has 0 bridgehead atoms. The van der Waals surface area contributed by atoms with E-state index in [-0.39, 0.29) is 11.8 Å². The summed E-state index contributed by atoms with van der Waals surface area (Å²) in [5.41, 5.74) is 2.87. The van der Waals surface area contributed by atoms with Crippen molar-refractivity contribution in [2.24, 2.45) is 0 Å². The minimum absolute atomic E-state index is 0.0471. The lowest BCUT2D eigenvalue weighted by molar-refractivity contribution is -0.116. The van der Waals surface area contributed by atoms with E-state index in [1.807, 2.05) is 25.1 Å². The van der Waals surface area contributed by atoms with Crippen LogP contribution in [-0.4, -0.2) is 11.8 Å². The first-order valence-electron chi connectivity index (χ1n) is 10.9. The van der Waals surface area contributed by atoms with Crippen molar-refractivity contribution in [1.82, 2.24) is 0 Å². The third-order valence-electron chi connectivity index (χ3n) is 5.26. The number of para-hydroxylation sites is 1. The van der Waals surface area contributed by atoms with Gasteiger partial charge < -0.3 is 15.1 Å². The highest BCUT2D eigenvalue weighted by atomic mass is 16.4. The van der Waals surface area contributed by atoms with Gasteiger partial charge in [0, 0.05) is 28.7 Å². The first kappa shape index (κ1) is 22.0. The number of carbonyl (C=O) groups is 2. The average molecular weight is 440 g/mol. The van der Waals surface area contributed by atoms with Gasteiger partial charge in [-0.3, -0.25) is 9.59 Å². The van der Waals surface area contributed by atoms with Crippen molar-refractivity contribution >= 4 is 34.2 Å². The van der Waals surface area contributed by atoms with Crippen LogP contribution in [0.4, 0.5) is 11.4 Å². The van der Waals surface area contributed by atoms with Crippen LogP contribution >= 0.6 is 0 Å². The maximum absolute atomic E-state index is 12.7. The molecule has 0 unspecified atom stereocenters. The molecule has 2 N–H and O–H groups in total. The van der Waals surface area contributed by atoms with Crippen LogP contribution in [0.25, 0.3) is 22.1 Å². The Balaban J connectivity index is 1.47. The van der Waals surface area contributed by atoms with Crippen molar-refractivity contribution in [2.45, 2.75) is 26.2 Å². The second kappa shape index (κ2) is 9.96. The Morgan fingerprint density at radius 3 is 2.33 bits per heavy atom. The van der Waals surface area contributed by atoms with E-state index in [2.05, 4.69) is 10.6 Å². The number of carbonyl (C=O) groups excluding carboxylic acids is 2. The summed E-state index contributed by atoms with van der Waals surface area (Å²) in [6.45, 7) is 2.03. The number of anilines is 2. The Labute approximate surface area is 191 Å². The molecule has 3 aromatic carbocycles. The zero-order valence-electron chi connectivity index (χ0n) is 18.3. The Hall–Kier alpha value is -4.19. The molecule has 0 aliphatic heterocycles. The van der Waals surface area contributed by atoms with E-state index >= 15 is 0 Å². The van der Waals surface area contributed by atoms with Crippen LogP contribution in [0.1, 0.15) is 36.5 Å². The summed E-state index contributed by atoms with van der Waals surface area (Å²) in [5, 5.41) is 6.51. The first-order chi connectivity index (χ1) is 16.0. The molecule has 4 rings (SSSR count). The normalized spacial score (nSPS) is 10.7. The SMILES string of the molecule is CCCCC(=O)Nc1cccc(NC(=O)c2ccc(-c3cc4ccccc4oc3=O)cc2)c1. The van der Waals surface area contributed by atoms with E-state index in [0.29, 0.717) is 40.1 Å². The molecular formula is C27H24N2O4. The number of unbranched alkanes of at least 4 members (excludes halogenated alkanes) is 1. The molecule has 0 saturated carbocycles. The van der Waals surface area contributed by atoms with Gasteiger partial charge in [0.15, 0.2) is 0 Å². The topological polar surface area (TPSA) is 88.4 Å². The number of hydrogen-bond donors (Lipinski definition) is 2. The molecule has 166 valence electrons. The quantitative estimate of drug-likeness (QED) is 0.353. The molecule has 4 aromatic rings. The molecule has 0 spiro atoms. The molecule has 0 radical (unpaired) electrons. The van der Waals surface area contributed by atoms with E-state index in [1.54, 1.807) is 60.7 Å². The zero-order chi connectivity index (χ0) is 23.2. The molecular weight excluding hydrogens is 416 g/mol. The molecule has 6 nitrogen and oxygen atoms in total. The largest absolute Gasteiger partial charge is 0.422 e.